The van der Waals surface area contributed by atoms with Crippen LogP contribution in [-0.4, -0.2) is 43.1 Å². The summed E-state index contributed by atoms with van der Waals surface area (Å²) in [6.07, 6.45) is 4.13. The highest BCUT2D eigenvalue weighted by molar-refractivity contribution is 7.13. The van der Waals surface area contributed by atoms with E-state index < -0.39 is 0 Å². The van der Waals surface area contributed by atoms with E-state index in [4.69, 9.17) is 11.6 Å². The number of anilines is 1. The Bertz CT molecular complexity index is 387. The smallest absolute Gasteiger partial charge is 0.314 e. The third kappa shape index (κ3) is 4.54. The standard InChI is InChI=1S/C12H19ClN4OS/c13-3-4-14-11(18)16-8-10-2-1-6-17(9-10)12-15-5-7-19-12/h5,7,10H,1-4,6,8-9H2,(H2,14,16,18). The van der Waals surface area contributed by atoms with Crippen LogP contribution < -0.4 is 15.5 Å². The van der Waals surface area contributed by atoms with Gasteiger partial charge in [0.05, 0.1) is 0 Å². The average Bonchev–Trinajstić information content (AvgIpc) is 2.97. The SMILES string of the molecule is O=C(NCCCl)NCC1CCCN(c2nccs2)C1. The second-order valence-corrected chi connectivity index (χ2v) is 5.85. The first kappa shape index (κ1) is 14.4. The number of carbonyl (C=O) groups excluding carboxylic acids is 1. The molecule has 0 aromatic carbocycles. The lowest BCUT2D eigenvalue weighted by Gasteiger charge is -2.32. The van der Waals surface area contributed by atoms with Gasteiger partial charge < -0.3 is 15.5 Å². The van der Waals surface area contributed by atoms with Crippen LogP contribution in [0.25, 0.3) is 0 Å². The molecule has 1 aromatic heterocycles. The molecule has 1 aliphatic heterocycles. The van der Waals surface area contributed by atoms with Gasteiger partial charge in [0.1, 0.15) is 0 Å². The van der Waals surface area contributed by atoms with Gasteiger partial charge in [-0.05, 0) is 18.8 Å². The summed E-state index contributed by atoms with van der Waals surface area (Å²) in [5.74, 6) is 0.925. The number of rotatable bonds is 5. The number of nitrogens with one attached hydrogen (secondary N) is 2. The van der Waals surface area contributed by atoms with Crippen molar-refractivity contribution in [3.8, 4) is 0 Å². The van der Waals surface area contributed by atoms with Crippen molar-refractivity contribution in [3.05, 3.63) is 11.6 Å². The van der Waals surface area contributed by atoms with Gasteiger partial charge in [0, 0.05) is 43.6 Å². The van der Waals surface area contributed by atoms with E-state index in [2.05, 4.69) is 20.5 Å². The van der Waals surface area contributed by atoms with Crippen molar-refractivity contribution in [1.82, 2.24) is 15.6 Å². The topological polar surface area (TPSA) is 57.3 Å². The molecule has 0 spiro atoms. The molecule has 2 heterocycles. The van der Waals surface area contributed by atoms with E-state index in [1.807, 2.05) is 11.6 Å². The molecule has 1 unspecified atom stereocenters. The summed E-state index contributed by atoms with van der Waals surface area (Å²) >= 11 is 7.18. The average molecular weight is 303 g/mol. The van der Waals surface area contributed by atoms with Crippen molar-refractivity contribution in [1.29, 1.82) is 0 Å². The Morgan fingerprint density at radius 3 is 3.21 bits per heavy atom. The lowest BCUT2D eigenvalue weighted by Crippen LogP contribution is -2.44. The number of hydrogen-bond acceptors (Lipinski definition) is 4. The van der Waals surface area contributed by atoms with Gasteiger partial charge in [-0.1, -0.05) is 0 Å². The molecule has 1 fully saturated rings. The van der Waals surface area contributed by atoms with E-state index in [0.717, 1.165) is 31.1 Å². The number of halogens is 1. The molecule has 0 radical (unpaired) electrons. The molecule has 106 valence electrons. The molecule has 1 atom stereocenters. The van der Waals surface area contributed by atoms with Crippen molar-refractivity contribution < 1.29 is 4.79 Å². The number of hydrogen-bond donors (Lipinski definition) is 2. The Kier molecular flexibility index (Phi) is 5.72. The van der Waals surface area contributed by atoms with E-state index in [-0.39, 0.29) is 6.03 Å². The summed E-state index contributed by atoms with van der Waals surface area (Å²) in [5.41, 5.74) is 0. The minimum absolute atomic E-state index is 0.132. The Morgan fingerprint density at radius 1 is 1.58 bits per heavy atom. The Hall–Kier alpha value is -1.01. The summed E-state index contributed by atoms with van der Waals surface area (Å²) in [6.45, 7) is 3.23. The van der Waals surface area contributed by atoms with Crippen LogP contribution in [0.15, 0.2) is 11.6 Å². The number of amides is 2. The number of thiazole rings is 1. The summed E-state index contributed by atoms with van der Waals surface area (Å²) in [4.78, 5) is 18.1. The minimum Gasteiger partial charge on any atom is -0.348 e. The summed E-state index contributed by atoms with van der Waals surface area (Å²) in [7, 11) is 0. The number of alkyl halides is 1. The first-order valence-corrected chi connectivity index (χ1v) is 7.93. The van der Waals surface area contributed by atoms with Crippen LogP contribution in [0.4, 0.5) is 9.93 Å². The van der Waals surface area contributed by atoms with Crippen LogP contribution in [0.2, 0.25) is 0 Å². The predicted octanol–water partition coefficient (Wildman–Crippen LogP) is 1.90. The Balaban J connectivity index is 1.74. The van der Waals surface area contributed by atoms with Crippen LogP contribution in [0.5, 0.6) is 0 Å². The zero-order chi connectivity index (χ0) is 13.5. The minimum atomic E-state index is -0.132. The van der Waals surface area contributed by atoms with Crippen LogP contribution >= 0.6 is 22.9 Å². The number of aromatic nitrogens is 1. The third-order valence-electron chi connectivity index (χ3n) is 3.14. The monoisotopic (exact) mass is 302 g/mol. The van der Waals surface area contributed by atoms with Crippen LogP contribution in [-0.2, 0) is 0 Å². The zero-order valence-electron chi connectivity index (χ0n) is 10.8. The number of carbonyl (C=O) groups is 1. The largest absolute Gasteiger partial charge is 0.348 e. The highest BCUT2D eigenvalue weighted by Gasteiger charge is 2.21. The van der Waals surface area contributed by atoms with Crippen molar-refractivity contribution in [2.24, 2.45) is 5.92 Å². The lowest BCUT2D eigenvalue weighted by atomic mass is 9.98. The molecule has 0 bridgehead atoms. The molecule has 19 heavy (non-hydrogen) atoms. The molecule has 5 nitrogen and oxygen atoms in total. The van der Waals surface area contributed by atoms with Crippen molar-refractivity contribution >= 4 is 34.1 Å². The Morgan fingerprint density at radius 2 is 2.47 bits per heavy atom. The molecule has 0 saturated carbocycles. The quantitative estimate of drug-likeness (QED) is 0.817. The van der Waals surface area contributed by atoms with E-state index in [0.29, 0.717) is 24.9 Å². The van der Waals surface area contributed by atoms with Crippen LogP contribution in [0, 0.1) is 5.92 Å². The molecule has 7 heteroatoms. The molecule has 1 saturated heterocycles. The van der Waals surface area contributed by atoms with E-state index >= 15 is 0 Å². The van der Waals surface area contributed by atoms with Gasteiger partial charge in [0.15, 0.2) is 5.13 Å². The van der Waals surface area contributed by atoms with E-state index in [1.54, 1.807) is 11.3 Å². The predicted molar refractivity (Wildman–Crippen MR) is 79.2 cm³/mol. The van der Waals surface area contributed by atoms with Gasteiger partial charge in [-0.25, -0.2) is 9.78 Å². The van der Waals surface area contributed by atoms with E-state index in [9.17, 15) is 4.79 Å². The van der Waals surface area contributed by atoms with Crippen LogP contribution in [0.3, 0.4) is 0 Å². The summed E-state index contributed by atoms with van der Waals surface area (Å²) < 4.78 is 0. The van der Waals surface area contributed by atoms with Gasteiger partial charge >= 0.3 is 6.03 Å². The fourth-order valence-electron chi connectivity index (χ4n) is 2.24. The molecule has 1 aromatic rings. The maximum absolute atomic E-state index is 11.5. The van der Waals surface area contributed by atoms with Gasteiger partial charge in [-0.15, -0.1) is 22.9 Å². The normalized spacial score (nSPS) is 19.2. The van der Waals surface area contributed by atoms with Crippen LogP contribution in [0.1, 0.15) is 12.8 Å². The number of urea groups is 1. The van der Waals surface area contributed by atoms with Gasteiger partial charge in [0.2, 0.25) is 0 Å². The Labute approximate surface area is 122 Å². The summed E-state index contributed by atoms with van der Waals surface area (Å²) in [5, 5.41) is 8.68. The molecular formula is C12H19ClN4OS. The fourth-order valence-corrected chi connectivity index (χ4v) is 3.01. The molecule has 2 N–H and O–H groups in total. The van der Waals surface area contributed by atoms with Crippen molar-refractivity contribution in [2.75, 3.05) is 37.0 Å². The van der Waals surface area contributed by atoms with Gasteiger partial charge in [-0.2, -0.15) is 0 Å². The number of nitrogens with zero attached hydrogens (tertiary/aromatic N) is 2. The molecule has 1 aliphatic rings. The summed E-state index contributed by atoms with van der Waals surface area (Å²) in [6, 6.07) is -0.132. The molecule has 0 aliphatic carbocycles. The lowest BCUT2D eigenvalue weighted by molar-refractivity contribution is 0.238. The fraction of sp³-hybridized carbons (Fsp3) is 0.667. The molecule has 2 amide bonds. The maximum atomic E-state index is 11.5. The first-order chi connectivity index (χ1) is 9.29. The second kappa shape index (κ2) is 7.55. The van der Waals surface area contributed by atoms with Crippen molar-refractivity contribution in [2.45, 2.75) is 12.8 Å². The third-order valence-corrected chi connectivity index (χ3v) is 4.16. The van der Waals surface area contributed by atoms with Gasteiger partial charge in [-0.3, -0.25) is 0 Å². The second-order valence-electron chi connectivity index (χ2n) is 4.59. The van der Waals surface area contributed by atoms with Crippen molar-refractivity contribution in [3.63, 3.8) is 0 Å². The first-order valence-electron chi connectivity index (χ1n) is 6.51. The highest BCUT2D eigenvalue weighted by Crippen LogP contribution is 2.24. The number of piperidine rings is 1. The zero-order valence-corrected chi connectivity index (χ0v) is 12.3. The molecular weight excluding hydrogens is 284 g/mol. The highest BCUT2D eigenvalue weighted by atomic mass is 35.5. The van der Waals surface area contributed by atoms with Gasteiger partial charge in [0.25, 0.3) is 0 Å². The van der Waals surface area contributed by atoms with E-state index in [1.165, 1.54) is 0 Å². The molecule has 2 rings (SSSR count). The maximum Gasteiger partial charge on any atom is 0.314 e.